The second-order valence-corrected chi connectivity index (χ2v) is 8.24. The molecule has 2 aromatic carbocycles. The van der Waals surface area contributed by atoms with Gasteiger partial charge >= 0.3 is 0 Å². The predicted octanol–water partition coefficient (Wildman–Crippen LogP) is 1.52. The highest BCUT2D eigenvalue weighted by Crippen LogP contribution is 2.31. The lowest BCUT2D eigenvalue weighted by atomic mass is 9.96. The van der Waals surface area contributed by atoms with E-state index < -0.39 is 0 Å². The van der Waals surface area contributed by atoms with Gasteiger partial charge in [0, 0.05) is 25.0 Å². The maximum atomic E-state index is 6.11. The Morgan fingerprint density at radius 1 is 1.07 bits per heavy atom. The van der Waals surface area contributed by atoms with Crippen molar-refractivity contribution in [1.29, 1.82) is 0 Å². The number of likely N-dealkylation sites (N-methyl/N-ethyl adjacent to an activating group) is 1. The first-order valence-electron chi connectivity index (χ1n) is 8.98. The number of ether oxygens (including phenoxy) is 1. The van der Waals surface area contributed by atoms with Crippen LogP contribution in [0.2, 0.25) is 5.02 Å². The molecule has 1 fully saturated rings. The van der Waals surface area contributed by atoms with Crippen molar-refractivity contribution in [2.24, 2.45) is 0 Å². The van der Waals surface area contributed by atoms with Crippen LogP contribution in [0.5, 0.6) is 0 Å². The molecule has 2 aromatic rings. The van der Waals surface area contributed by atoms with E-state index >= 15 is 0 Å². The molecule has 0 bridgehead atoms. The van der Waals surface area contributed by atoms with E-state index in [-0.39, 0.29) is 18.4 Å². The molecule has 3 nitrogen and oxygen atoms in total. The van der Waals surface area contributed by atoms with Gasteiger partial charge in [-0.3, -0.25) is 9.38 Å². The molecule has 0 aromatic heterocycles. The molecule has 1 aliphatic rings. The molecular formula is C21H26Cl2N2OS. The fraction of sp³-hybridized carbons (Fsp3) is 0.381. The molecule has 6 heteroatoms. The van der Waals surface area contributed by atoms with E-state index in [1.54, 1.807) is 0 Å². The van der Waals surface area contributed by atoms with Gasteiger partial charge in [0.1, 0.15) is 0 Å². The first-order valence-corrected chi connectivity index (χ1v) is 9.77. The number of hydrogen-bond donors (Lipinski definition) is 0. The van der Waals surface area contributed by atoms with Gasteiger partial charge in [0.05, 0.1) is 26.2 Å². The van der Waals surface area contributed by atoms with Gasteiger partial charge in [0.15, 0.2) is 5.05 Å². The van der Waals surface area contributed by atoms with Gasteiger partial charge in [0.2, 0.25) is 6.73 Å². The zero-order valence-corrected chi connectivity index (χ0v) is 18.1. The van der Waals surface area contributed by atoms with Gasteiger partial charge in [-0.15, -0.1) is 0 Å². The monoisotopic (exact) mass is 424 g/mol. The lowest BCUT2D eigenvalue weighted by Gasteiger charge is -2.44. The number of thiocarbonyl (C=S) groups is 1. The van der Waals surface area contributed by atoms with Crippen LogP contribution in [0.1, 0.15) is 24.1 Å². The normalized spacial score (nSPS) is 17.6. The summed E-state index contributed by atoms with van der Waals surface area (Å²) in [6.45, 7) is 6.60. The fourth-order valence-electron chi connectivity index (χ4n) is 3.49. The zero-order valence-electron chi connectivity index (χ0n) is 15.8. The summed E-state index contributed by atoms with van der Waals surface area (Å²) in [5.41, 5.74) is 2.60. The van der Waals surface area contributed by atoms with Gasteiger partial charge in [-0.05, 0) is 35.5 Å². The predicted molar refractivity (Wildman–Crippen MR) is 111 cm³/mol. The van der Waals surface area contributed by atoms with E-state index in [0.717, 1.165) is 35.7 Å². The largest absolute Gasteiger partial charge is 1.00 e. The van der Waals surface area contributed by atoms with Crippen LogP contribution in [0.25, 0.3) is 0 Å². The maximum Gasteiger partial charge on any atom is 0.224 e. The molecule has 1 saturated heterocycles. The van der Waals surface area contributed by atoms with Crippen LogP contribution in [-0.4, -0.2) is 54.4 Å². The number of rotatable bonds is 5. The molecular weight excluding hydrogens is 399 g/mol. The Bertz CT molecular complexity index is 732. The van der Waals surface area contributed by atoms with Gasteiger partial charge < -0.3 is 17.1 Å². The third-order valence-corrected chi connectivity index (χ3v) is 5.47. The van der Waals surface area contributed by atoms with E-state index in [1.807, 2.05) is 19.1 Å². The Labute approximate surface area is 178 Å². The van der Waals surface area contributed by atoms with Crippen molar-refractivity contribution in [3.63, 3.8) is 0 Å². The third kappa shape index (κ3) is 5.90. The summed E-state index contributed by atoms with van der Waals surface area (Å²) < 4.78 is 6.53. The molecule has 1 unspecified atom stereocenters. The Hall–Kier alpha value is -1.17. The van der Waals surface area contributed by atoms with Crippen LogP contribution >= 0.6 is 23.8 Å². The molecule has 0 spiro atoms. The number of piperazine rings is 1. The Morgan fingerprint density at radius 3 is 2.19 bits per heavy atom. The van der Waals surface area contributed by atoms with Gasteiger partial charge in [-0.25, -0.2) is 0 Å². The Balaban J connectivity index is 0.00000261. The molecule has 0 saturated carbocycles. The third-order valence-electron chi connectivity index (χ3n) is 5.10. The first-order chi connectivity index (χ1) is 12.5. The molecule has 27 heavy (non-hydrogen) atoms. The van der Waals surface area contributed by atoms with Gasteiger partial charge in [-0.2, -0.15) is 0 Å². The molecule has 1 atom stereocenters. The van der Waals surface area contributed by atoms with Crippen molar-refractivity contribution < 1.29 is 21.6 Å². The topological polar surface area (TPSA) is 12.5 Å². The maximum absolute atomic E-state index is 6.11. The summed E-state index contributed by atoms with van der Waals surface area (Å²) in [5, 5.41) is 1.39. The highest BCUT2D eigenvalue weighted by atomic mass is 35.5. The summed E-state index contributed by atoms with van der Waals surface area (Å²) >= 11 is 11.2. The van der Waals surface area contributed by atoms with E-state index in [4.69, 9.17) is 28.6 Å². The van der Waals surface area contributed by atoms with Crippen LogP contribution in [0, 0.1) is 0 Å². The van der Waals surface area contributed by atoms with Crippen molar-refractivity contribution in [2.75, 3.05) is 40.0 Å². The quantitative estimate of drug-likeness (QED) is 0.533. The van der Waals surface area contributed by atoms with E-state index in [0.29, 0.717) is 11.8 Å². The van der Waals surface area contributed by atoms with Crippen molar-refractivity contribution in [2.45, 2.75) is 13.0 Å². The summed E-state index contributed by atoms with van der Waals surface area (Å²) in [4.78, 5) is 2.56. The number of quaternary nitrogens is 1. The Morgan fingerprint density at radius 2 is 1.63 bits per heavy atom. The van der Waals surface area contributed by atoms with E-state index in [1.165, 1.54) is 11.1 Å². The Kier molecular flexibility index (Phi) is 8.07. The van der Waals surface area contributed by atoms with E-state index in [2.05, 4.69) is 54.4 Å². The standard InChI is InChI=1S/C21H26ClN2OS.ClH/c1-17(26)25-16-24(2)14-12-23(13-15-24)21(18-6-4-3-5-7-18)19-8-10-20(22)11-9-19;/h3-11,21H,12-16H2,1-2H3;1H/q+1;/p-1. The summed E-state index contributed by atoms with van der Waals surface area (Å²) in [7, 11) is 2.25. The minimum absolute atomic E-state index is 0. The summed E-state index contributed by atoms with van der Waals surface area (Å²) in [6, 6.07) is 19.2. The second-order valence-electron chi connectivity index (χ2n) is 7.23. The minimum Gasteiger partial charge on any atom is -1.00 e. The molecule has 1 heterocycles. The molecule has 0 amide bonds. The average molecular weight is 425 g/mol. The van der Waals surface area contributed by atoms with Crippen LogP contribution in [0.15, 0.2) is 54.6 Å². The average Bonchev–Trinajstić information content (AvgIpc) is 2.65. The zero-order chi connectivity index (χ0) is 18.6. The molecule has 0 aliphatic carbocycles. The fourth-order valence-corrected chi connectivity index (χ4v) is 3.67. The number of nitrogens with zero attached hydrogens (tertiary/aromatic N) is 2. The highest BCUT2D eigenvalue weighted by molar-refractivity contribution is 7.80. The first kappa shape index (κ1) is 22.1. The lowest BCUT2D eigenvalue weighted by Crippen LogP contribution is -3.00. The van der Waals surface area contributed by atoms with E-state index in [9.17, 15) is 0 Å². The molecule has 146 valence electrons. The molecule has 0 radical (unpaired) electrons. The van der Waals surface area contributed by atoms with Gasteiger partial charge in [0.25, 0.3) is 0 Å². The van der Waals surface area contributed by atoms with Crippen LogP contribution in [-0.2, 0) is 4.74 Å². The van der Waals surface area contributed by atoms with Crippen molar-refractivity contribution in [1.82, 2.24) is 4.90 Å². The number of halogens is 2. The van der Waals surface area contributed by atoms with Crippen molar-refractivity contribution in [3.8, 4) is 0 Å². The lowest BCUT2D eigenvalue weighted by molar-refractivity contribution is -0.929. The molecule has 0 N–H and O–H groups in total. The van der Waals surface area contributed by atoms with Crippen molar-refractivity contribution in [3.05, 3.63) is 70.7 Å². The van der Waals surface area contributed by atoms with Crippen LogP contribution in [0.3, 0.4) is 0 Å². The molecule has 3 rings (SSSR count). The SMILES string of the molecule is CC(=S)OC[N+]1(C)CCN(C(c2ccccc2)c2ccc(Cl)cc2)CC1.[Cl-]. The number of hydrogen-bond acceptors (Lipinski definition) is 3. The second kappa shape index (κ2) is 9.85. The number of benzene rings is 2. The summed E-state index contributed by atoms with van der Waals surface area (Å²) in [6.07, 6.45) is 0. The van der Waals surface area contributed by atoms with Gasteiger partial charge in [-0.1, -0.05) is 54.1 Å². The smallest absolute Gasteiger partial charge is 0.224 e. The van der Waals surface area contributed by atoms with Crippen molar-refractivity contribution >= 4 is 28.9 Å². The highest BCUT2D eigenvalue weighted by Gasteiger charge is 2.33. The van der Waals surface area contributed by atoms with Crippen LogP contribution < -0.4 is 12.4 Å². The summed E-state index contributed by atoms with van der Waals surface area (Å²) in [5.74, 6) is 0. The van der Waals surface area contributed by atoms with Crippen LogP contribution in [0.4, 0.5) is 0 Å². The molecule has 1 aliphatic heterocycles. The minimum atomic E-state index is 0.